The molecule has 3 aromatic rings. The SMILES string of the molecule is C[C@@H]1CC(c2cnc3c(C#N)nn([C@H](C)c4ccc(Cl)cc4Cl)c3n2)=CCC1N1CCCC1CNS(C)(=O)=O. The molecule has 206 valence electrons. The third-order valence-corrected chi connectivity index (χ3v) is 9.11. The average molecular weight is 589 g/mol. The van der Waals surface area contributed by atoms with Gasteiger partial charge in [0, 0.05) is 28.7 Å². The number of allylic oxidation sites excluding steroid dienone is 1. The number of benzene rings is 1. The second-order valence-electron chi connectivity index (χ2n) is 10.5. The van der Waals surface area contributed by atoms with Crippen LogP contribution >= 0.6 is 23.2 Å². The Morgan fingerprint density at radius 3 is 2.79 bits per heavy atom. The molecule has 2 aromatic heterocycles. The third kappa shape index (κ3) is 5.83. The fourth-order valence-corrected chi connectivity index (χ4v) is 6.94. The standard InChI is InChI=1S/C27H31Cl2N7O2S/c1-16-11-18(6-9-25(16)35-10-4-5-20(35)14-32-39(3,37)38)24-15-31-26-23(13-30)34-36(27(26)33-24)17(2)21-8-7-19(28)12-22(21)29/h6-8,12,15-17,20,25,32H,4-5,9-11,14H2,1-3H3/t16-,17-,20?,25?/m1/s1. The lowest BCUT2D eigenvalue weighted by atomic mass is 9.83. The first kappa shape index (κ1) is 28.0. The molecule has 1 N–H and O–H groups in total. The highest BCUT2D eigenvalue weighted by atomic mass is 35.5. The predicted molar refractivity (Wildman–Crippen MR) is 153 cm³/mol. The molecule has 1 saturated heterocycles. The fraction of sp³-hybridized carbons (Fsp3) is 0.481. The van der Waals surface area contributed by atoms with E-state index in [4.69, 9.17) is 28.2 Å². The summed E-state index contributed by atoms with van der Waals surface area (Å²) in [6, 6.07) is 7.71. The van der Waals surface area contributed by atoms with Crippen molar-refractivity contribution in [2.75, 3.05) is 19.3 Å². The van der Waals surface area contributed by atoms with Crippen LogP contribution in [0.4, 0.5) is 0 Å². The van der Waals surface area contributed by atoms with Crippen LogP contribution < -0.4 is 4.72 Å². The van der Waals surface area contributed by atoms with Gasteiger partial charge in [-0.05, 0) is 68.3 Å². The molecular weight excluding hydrogens is 557 g/mol. The molecule has 0 saturated carbocycles. The van der Waals surface area contributed by atoms with Gasteiger partial charge in [0.1, 0.15) is 11.6 Å². The average Bonchev–Trinajstić information content (AvgIpc) is 3.51. The summed E-state index contributed by atoms with van der Waals surface area (Å²) in [5.74, 6) is 0.354. The zero-order chi connectivity index (χ0) is 27.9. The molecule has 3 heterocycles. The molecular formula is C27H31Cl2N7O2S. The van der Waals surface area contributed by atoms with Crippen LogP contribution in [0, 0.1) is 17.2 Å². The zero-order valence-electron chi connectivity index (χ0n) is 22.1. The second kappa shape index (κ2) is 11.1. The van der Waals surface area contributed by atoms with Crippen LogP contribution in [0.3, 0.4) is 0 Å². The third-order valence-electron chi connectivity index (χ3n) is 7.85. The lowest BCUT2D eigenvalue weighted by Crippen LogP contribution is -2.48. The fourth-order valence-electron chi connectivity index (χ4n) is 5.88. The Balaban J connectivity index is 1.42. The Hall–Kier alpha value is -2.55. The van der Waals surface area contributed by atoms with Crippen molar-refractivity contribution in [1.29, 1.82) is 5.26 Å². The van der Waals surface area contributed by atoms with E-state index in [1.807, 2.05) is 13.0 Å². The summed E-state index contributed by atoms with van der Waals surface area (Å²) in [6.45, 7) is 5.61. The Kier molecular flexibility index (Phi) is 8.00. The number of nitriles is 1. The van der Waals surface area contributed by atoms with Gasteiger partial charge in [-0.25, -0.2) is 27.8 Å². The molecule has 0 radical (unpaired) electrons. The summed E-state index contributed by atoms with van der Waals surface area (Å²) in [5, 5.41) is 15.3. The van der Waals surface area contributed by atoms with E-state index in [1.165, 1.54) is 6.26 Å². The summed E-state index contributed by atoms with van der Waals surface area (Å²) >= 11 is 12.6. The molecule has 12 heteroatoms. The van der Waals surface area contributed by atoms with E-state index >= 15 is 0 Å². The highest BCUT2D eigenvalue weighted by Gasteiger charge is 2.35. The second-order valence-corrected chi connectivity index (χ2v) is 13.2. The Labute approximate surface area is 238 Å². The van der Waals surface area contributed by atoms with E-state index in [9.17, 15) is 13.7 Å². The van der Waals surface area contributed by atoms with Crippen molar-refractivity contribution in [2.45, 2.75) is 57.7 Å². The van der Waals surface area contributed by atoms with Crippen molar-refractivity contribution < 1.29 is 8.42 Å². The van der Waals surface area contributed by atoms with Gasteiger partial charge in [0.15, 0.2) is 11.3 Å². The molecule has 39 heavy (non-hydrogen) atoms. The summed E-state index contributed by atoms with van der Waals surface area (Å²) in [4.78, 5) is 12.0. The molecule has 1 fully saturated rings. The predicted octanol–water partition coefficient (Wildman–Crippen LogP) is 4.81. The Morgan fingerprint density at radius 1 is 1.31 bits per heavy atom. The van der Waals surface area contributed by atoms with E-state index in [0.717, 1.165) is 49.1 Å². The molecule has 4 atom stereocenters. The molecule has 0 spiro atoms. The van der Waals surface area contributed by atoms with Crippen molar-refractivity contribution >= 4 is 50.0 Å². The maximum Gasteiger partial charge on any atom is 0.208 e. The van der Waals surface area contributed by atoms with Crippen molar-refractivity contribution in [1.82, 2.24) is 29.4 Å². The normalized spacial score (nSPS) is 23.1. The quantitative estimate of drug-likeness (QED) is 0.421. The maximum atomic E-state index is 11.6. The molecule has 2 aliphatic rings. The first-order valence-electron chi connectivity index (χ1n) is 13.1. The van der Waals surface area contributed by atoms with Gasteiger partial charge in [0.25, 0.3) is 0 Å². The topological polar surface area (TPSA) is 117 Å². The van der Waals surface area contributed by atoms with Crippen LogP contribution in [-0.2, 0) is 10.0 Å². The molecule has 1 aliphatic carbocycles. The summed E-state index contributed by atoms with van der Waals surface area (Å²) in [6.07, 6.45) is 8.90. The first-order chi connectivity index (χ1) is 18.6. The molecule has 0 bridgehead atoms. The number of hydrogen-bond acceptors (Lipinski definition) is 7. The van der Waals surface area contributed by atoms with Gasteiger partial charge in [-0.3, -0.25) is 4.90 Å². The van der Waals surface area contributed by atoms with Gasteiger partial charge < -0.3 is 0 Å². The molecule has 2 unspecified atom stereocenters. The van der Waals surface area contributed by atoms with Gasteiger partial charge in [0.05, 0.1) is 24.2 Å². The molecule has 5 rings (SSSR count). The summed E-state index contributed by atoms with van der Waals surface area (Å²) in [5.41, 5.74) is 3.91. The first-order valence-corrected chi connectivity index (χ1v) is 15.7. The number of hydrogen-bond donors (Lipinski definition) is 1. The smallest absolute Gasteiger partial charge is 0.208 e. The van der Waals surface area contributed by atoms with Crippen LogP contribution in [0.15, 0.2) is 30.5 Å². The van der Waals surface area contributed by atoms with E-state index in [0.29, 0.717) is 39.7 Å². The van der Waals surface area contributed by atoms with Crippen molar-refractivity contribution in [3.63, 3.8) is 0 Å². The van der Waals surface area contributed by atoms with Gasteiger partial charge >= 0.3 is 0 Å². The number of halogens is 2. The molecule has 1 aromatic carbocycles. The lowest BCUT2D eigenvalue weighted by molar-refractivity contribution is 0.133. The minimum absolute atomic E-state index is 0.207. The largest absolute Gasteiger partial charge is 0.296 e. The molecule has 1 aliphatic heterocycles. The van der Waals surface area contributed by atoms with Crippen LogP contribution in [0.25, 0.3) is 16.7 Å². The van der Waals surface area contributed by atoms with Crippen LogP contribution in [0.2, 0.25) is 10.0 Å². The minimum Gasteiger partial charge on any atom is -0.296 e. The molecule has 9 nitrogen and oxygen atoms in total. The lowest BCUT2D eigenvalue weighted by Gasteiger charge is -2.39. The molecule has 0 amide bonds. The van der Waals surface area contributed by atoms with Gasteiger partial charge in [0.2, 0.25) is 10.0 Å². The highest BCUT2D eigenvalue weighted by molar-refractivity contribution is 7.88. The number of rotatable bonds is 7. The van der Waals surface area contributed by atoms with Crippen molar-refractivity contribution in [3.05, 3.63) is 57.5 Å². The number of nitrogens with zero attached hydrogens (tertiary/aromatic N) is 6. The van der Waals surface area contributed by atoms with E-state index < -0.39 is 10.0 Å². The van der Waals surface area contributed by atoms with Crippen molar-refractivity contribution in [2.24, 2.45) is 5.92 Å². The number of aromatic nitrogens is 4. The van der Waals surface area contributed by atoms with E-state index in [2.05, 4.69) is 38.8 Å². The zero-order valence-corrected chi connectivity index (χ0v) is 24.4. The van der Waals surface area contributed by atoms with Gasteiger partial charge in [-0.1, -0.05) is 42.3 Å². The number of likely N-dealkylation sites (tertiary alicyclic amines) is 1. The Morgan fingerprint density at radius 2 is 2.10 bits per heavy atom. The van der Waals surface area contributed by atoms with Crippen molar-refractivity contribution in [3.8, 4) is 6.07 Å². The van der Waals surface area contributed by atoms with E-state index in [-0.39, 0.29) is 17.8 Å². The monoisotopic (exact) mass is 587 g/mol. The summed E-state index contributed by atoms with van der Waals surface area (Å²) < 4.78 is 27.7. The summed E-state index contributed by atoms with van der Waals surface area (Å²) in [7, 11) is -3.22. The highest BCUT2D eigenvalue weighted by Crippen LogP contribution is 2.37. The van der Waals surface area contributed by atoms with Gasteiger partial charge in [-0.2, -0.15) is 10.4 Å². The number of nitrogens with one attached hydrogen (secondary N) is 1. The minimum atomic E-state index is -3.22. The van der Waals surface area contributed by atoms with Gasteiger partial charge in [-0.15, -0.1) is 0 Å². The number of fused-ring (bicyclic) bond motifs is 1. The maximum absolute atomic E-state index is 11.6. The van der Waals surface area contributed by atoms with Crippen LogP contribution in [0.1, 0.15) is 62.5 Å². The van der Waals surface area contributed by atoms with E-state index in [1.54, 1.807) is 23.0 Å². The van der Waals surface area contributed by atoms with Crippen LogP contribution in [0.5, 0.6) is 0 Å². The number of sulfonamides is 1. The Bertz CT molecular complexity index is 1580. The van der Waals surface area contributed by atoms with Crippen LogP contribution in [-0.4, -0.2) is 64.5 Å².